The van der Waals surface area contributed by atoms with Crippen LogP contribution in [0.4, 0.5) is 0 Å². The van der Waals surface area contributed by atoms with E-state index < -0.39 is 0 Å². The maximum Gasteiger partial charge on any atom is 0.100 e. The van der Waals surface area contributed by atoms with E-state index in [0.717, 1.165) is 24.3 Å². The van der Waals surface area contributed by atoms with Crippen molar-refractivity contribution in [1.82, 2.24) is 9.55 Å². The monoisotopic (exact) mass is 430 g/mol. The Bertz CT molecular complexity index is 1030. The van der Waals surface area contributed by atoms with Gasteiger partial charge in [-0.2, -0.15) is 0 Å². The summed E-state index contributed by atoms with van der Waals surface area (Å²) in [5.74, 6) is 2.45. The van der Waals surface area contributed by atoms with Gasteiger partial charge in [0.15, 0.2) is 0 Å². The van der Waals surface area contributed by atoms with Crippen molar-refractivity contribution in [3.05, 3.63) is 36.7 Å². The molecule has 2 aromatic rings. The Morgan fingerprint density at radius 1 is 1.12 bits per heavy atom. The quantitative estimate of drug-likeness (QED) is 0.559. The van der Waals surface area contributed by atoms with Crippen LogP contribution in [-0.4, -0.2) is 34.2 Å². The molecule has 0 radical (unpaired) electrons. The molecule has 1 aromatic carbocycles. The number of fused-ring (bicyclic) bond motifs is 6. The molecule has 0 amide bonds. The Labute approximate surface area is 194 Å². The number of aromatic nitrogens is 2. The molecule has 7 atom stereocenters. The third-order valence-corrected chi connectivity index (χ3v) is 9.85. The molecular weight excluding hydrogens is 391 g/mol. The van der Waals surface area contributed by atoms with E-state index in [2.05, 4.69) is 60.2 Å². The second-order valence-electron chi connectivity index (χ2n) is 11.3. The maximum absolute atomic E-state index is 11.4. The van der Waals surface area contributed by atoms with Gasteiger partial charge in [0.25, 0.3) is 0 Å². The van der Waals surface area contributed by atoms with Crippen LogP contribution >= 0.6 is 0 Å². The third-order valence-electron chi connectivity index (χ3n) is 9.85. The summed E-state index contributed by atoms with van der Waals surface area (Å²) in [6.07, 6.45) is 14.5. The molecule has 0 bridgehead atoms. The van der Waals surface area contributed by atoms with Gasteiger partial charge in [-0.15, -0.1) is 0 Å². The molecule has 4 aliphatic rings. The van der Waals surface area contributed by atoms with Crippen molar-refractivity contribution in [2.24, 2.45) is 34.5 Å². The normalized spacial score (nSPS) is 40.2. The molecular formula is C28H39BN2O. The number of benzene rings is 1. The van der Waals surface area contributed by atoms with E-state index in [1.54, 1.807) is 6.92 Å². The second-order valence-corrected chi connectivity index (χ2v) is 11.3. The van der Waals surface area contributed by atoms with Crippen molar-refractivity contribution in [3.63, 3.8) is 0 Å². The van der Waals surface area contributed by atoms with E-state index in [9.17, 15) is 5.11 Å². The average Bonchev–Trinajstić information content (AvgIpc) is 3.35. The zero-order valence-corrected chi connectivity index (χ0v) is 20.1. The summed E-state index contributed by atoms with van der Waals surface area (Å²) in [5.41, 5.74) is 4.31. The SMILES string of the molecule is C=BC.CC12CCCCC1CC(O)C1C2CC[C@]2(C)C(n3cnc4ccccc43)=CCC12. The number of aliphatic hydroxyl groups is 1. The number of rotatable bonds is 1. The summed E-state index contributed by atoms with van der Waals surface area (Å²) in [6, 6.07) is 8.47. The van der Waals surface area contributed by atoms with Gasteiger partial charge in [-0.1, -0.05) is 44.9 Å². The summed E-state index contributed by atoms with van der Waals surface area (Å²) in [7, 11) is 0. The van der Waals surface area contributed by atoms with E-state index in [1.807, 2.05) is 13.2 Å². The first-order chi connectivity index (χ1) is 15.4. The maximum atomic E-state index is 11.4. The fourth-order valence-electron chi connectivity index (χ4n) is 8.33. The van der Waals surface area contributed by atoms with Crippen LogP contribution in [0.3, 0.4) is 0 Å². The van der Waals surface area contributed by atoms with Gasteiger partial charge >= 0.3 is 20.2 Å². The summed E-state index contributed by atoms with van der Waals surface area (Å²) in [4.78, 5) is 4.67. The minimum Gasteiger partial charge on any atom is -0.393 e. The molecule has 3 nitrogen and oxygen atoms in total. The molecule has 170 valence electrons. The molecule has 0 aliphatic heterocycles. The van der Waals surface area contributed by atoms with Crippen LogP contribution in [-0.2, 0) is 0 Å². The van der Waals surface area contributed by atoms with Gasteiger partial charge in [-0.05, 0) is 79.7 Å². The van der Waals surface area contributed by atoms with Crippen LogP contribution in [0.5, 0.6) is 0 Å². The van der Waals surface area contributed by atoms with Crippen LogP contribution in [0.2, 0.25) is 6.82 Å². The smallest absolute Gasteiger partial charge is 0.100 e. The number of aliphatic hydroxyl groups excluding tert-OH is 1. The molecule has 3 saturated carbocycles. The Balaban J connectivity index is 0.000000684. The van der Waals surface area contributed by atoms with Crippen molar-refractivity contribution >= 4 is 30.1 Å². The molecule has 32 heavy (non-hydrogen) atoms. The molecule has 3 fully saturated rings. The Morgan fingerprint density at radius 2 is 1.91 bits per heavy atom. The predicted molar refractivity (Wildman–Crippen MR) is 136 cm³/mol. The van der Waals surface area contributed by atoms with Crippen LogP contribution in [0.25, 0.3) is 16.7 Å². The number of hydrogen-bond donors (Lipinski definition) is 1. The van der Waals surface area contributed by atoms with E-state index in [1.165, 1.54) is 49.7 Å². The fraction of sp³-hybridized carbons (Fsp3) is 0.643. The Morgan fingerprint density at radius 3 is 2.72 bits per heavy atom. The predicted octanol–water partition coefficient (Wildman–Crippen LogP) is 6.06. The molecule has 4 aliphatic carbocycles. The summed E-state index contributed by atoms with van der Waals surface area (Å²) >= 11 is 0. The van der Waals surface area contributed by atoms with Crippen molar-refractivity contribution in [1.29, 1.82) is 0 Å². The van der Waals surface area contributed by atoms with Crippen LogP contribution in [0.15, 0.2) is 36.7 Å². The minimum atomic E-state index is -0.118. The standard InChI is InChI=1S/C26H34N2O.C2H5B/c1-25-13-6-5-7-17(25)15-22(29)24-18-10-11-23(26(18,2)14-12-19(24)25)28-16-27-20-8-3-4-9-21(20)28;1-3-2/h3-4,8-9,11,16-19,22,24,29H,5-7,10,12-15H2,1-2H3;1H2,2H3/t17?,18?,19?,22?,24?,25?,26-;/m0./s1. The molecule has 6 unspecified atom stereocenters. The number of imidazole rings is 1. The second kappa shape index (κ2) is 8.27. The van der Waals surface area contributed by atoms with Crippen LogP contribution in [0, 0.1) is 34.5 Å². The molecule has 1 aromatic heterocycles. The van der Waals surface area contributed by atoms with E-state index >= 15 is 0 Å². The Kier molecular flexibility index (Phi) is 5.72. The number of allylic oxidation sites excluding steroid dienone is 2. The van der Waals surface area contributed by atoms with Gasteiger partial charge in [0.1, 0.15) is 6.33 Å². The van der Waals surface area contributed by atoms with Crippen LogP contribution < -0.4 is 0 Å². The summed E-state index contributed by atoms with van der Waals surface area (Å²) in [6.45, 7) is 12.1. The molecule has 4 heteroatoms. The van der Waals surface area contributed by atoms with E-state index in [0.29, 0.717) is 23.2 Å². The minimum absolute atomic E-state index is 0.118. The fourth-order valence-corrected chi connectivity index (χ4v) is 8.33. The molecule has 1 N–H and O–H groups in total. The summed E-state index contributed by atoms with van der Waals surface area (Å²) < 4.78 is 2.34. The van der Waals surface area contributed by atoms with Crippen molar-refractivity contribution in [2.75, 3.05) is 0 Å². The topological polar surface area (TPSA) is 38.0 Å². The van der Waals surface area contributed by atoms with Gasteiger partial charge < -0.3 is 9.67 Å². The number of hydrogen-bond acceptors (Lipinski definition) is 2. The van der Waals surface area contributed by atoms with Gasteiger partial charge in [-0.25, -0.2) is 4.98 Å². The van der Waals surface area contributed by atoms with Crippen LogP contribution in [0.1, 0.15) is 65.2 Å². The van der Waals surface area contributed by atoms with E-state index in [-0.39, 0.29) is 11.5 Å². The first kappa shape index (κ1) is 22.1. The van der Waals surface area contributed by atoms with Crippen molar-refractivity contribution in [3.8, 4) is 0 Å². The number of para-hydroxylation sites is 2. The van der Waals surface area contributed by atoms with Gasteiger partial charge in [0.2, 0.25) is 0 Å². The number of nitrogens with zero attached hydrogens (tertiary/aromatic N) is 2. The zero-order valence-electron chi connectivity index (χ0n) is 20.1. The molecule has 0 saturated heterocycles. The molecule has 0 spiro atoms. The van der Waals surface area contributed by atoms with Crippen molar-refractivity contribution in [2.45, 2.75) is 78.1 Å². The van der Waals surface area contributed by atoms with Crippen molar-refractivity contribution < 1.29 is 5.11 Å². The van der Waals surface area contributed by atoms with E-state index in [4.69, 9.17) is 0 Å². The largest absolute Gasteiger partial charge is 0.393 e. The average molecular weight is 430 g/mol. The van der Waals surface area contributed by atoms with Gasteiger partial charge in [-0.3, -0.25) is 0 Å². The molecule has 1 heterocycles. The third kappa shape index (κ3) is 3.20. The first-order valence-electron chi connectivity index (χ1n) is 12.8. The first-order valence-corrected chi connectivity index (χ1v) is 12.8. The Hall–Kier alpha value is -1.68. The van der Waals surface area contributed by atoms with Gasteiger partial charge in [0.05, 0.1) is 17.1 Å². The zero-order chi connectivity index (χ0) is 22.5. The summed E-state index contributed by atoms with van der Waals surface area (Å²) in [5, 5.41) is 11.4. The van der Waals surface area contributed by atoms with Gasteiger partial charge in [0, 0.05) is 11.1 Å². The molecule has 6 rings (SSSR count).